The first kappa shape index (κ1) is 16.9. The molecule has 0 aromatic carbocycles. The van der Waals surface area contributed by atoms with Crippen LogP contribution in [0.4, 0.5) is 0 Å². The normalized spacial score (nSPS) is 7.33. The van der Waals surface area contributed by atoms with Crippen molar-refractivity contribution in [1.82, 2.24) is 5.32 Å². The fourth-order valence-electron chi connectivity index (χ4n) is 0.283. The molecule has 0 rings (SSSR count). The summed E-state index contributed by atoms with van der Waals surface area (Å²) in [5, 5.41) is 19.1. The Bertz CT molecular complexity index is 34.1. The molecule has 0 spiro atoms. The van der Waals surface area contributed by atoms with Gasteiger partial charge in [-0.3, -0.25) is 0 Å². The van der Waals surface area contributed by atoms with Crippen molar-refractivity contribution >= 4 is 0 Å². The first-order valence-corrected chi connectivity index (χ1v) is 2.34. The van der Waals surface area contributed by atoms with E-state index in [4.69, 9.17) is 10.2 Å². The molecule has 0 fully saturated rings. The number of nitrogens with one attached hydrogen (secondary N) is 1. The Kier molecular flexibility index (Phi) is 30.4. The van der Waals surface area contributed by atoms with Crippen molar-refractivity contribution in [3.63, 3.8) is 0 Å². The standard InChI is InChI=1S/C4H11NO2.CH3.K/c6-3-1-5-2-4-7;;/h5-7H,1-4H2;1H3;/q;-1;+1. The largest absolute Gasteiger partial charge is 1.00 e. The molecular weight excluding hydrogens is 145 g/mol. The summed E-state index contributed by atoms with van der Waals surface area (Å²) in [6.45, 7) is 1.42. The van der Waals surface area contributed by atoms with Crippen LogP contribution in [0.5, 0.6) is 0 Å². The molecule has 0 atom stereocenters. The molecule has 0 aromatic rings. The summed E-state index contributed by atoms with van der Waals surface area (Å²) >= 11 is 0. The Balaban J connectivity index is -0.000000180. The van der Waals surface area contributed by atoms with Crippen molar-refractivity contribution < 1.29 is 61.6 Å². The van der Waals surface area contributed by atoms with Gasteiger partial charge in [0.1, 0.15) is 0 Å². The van der Waals surface area contributed by atoms with E-state index in [1.165, 1.54) is 0 Å². The summed E-state index contributed by atoms with van der Waals surface area (Å²) in [6, 6.07) is 0. The van der Waals surface area contributed by atoms with Gasteiger partial charge in [0.15, 0.2) is 0 Å². The second-order valence-corrected chi connectivity index (χ2v) is 1.20. The molecule has 0 unspecified atom stereocenters. The maximum absolute atomic E-state index is 8.15. The van der Waals surface area contributed by atoms with E-state index in [2.05, 4.69) is 5.32 Å². The third-order valence-corrected chi connectivity index (χ3v) is 0.577. The number of aliphatic hydroxyl groups excluding tert-OH is 2. The van der Waals surface area contributed by atoms with Crippen LogP contribution in [0.2, 0.25) is 0 Å². The monoisotopic (exact) mass is 159 g/mol. The van der Waals surface area contributed by atoms with E-state index in [0.29, 0.717) is 13.1 Å². The van der Waals surface area contributed by atoms with Gasteiger partial charge in [0.2, 0.25) is 0 Å². The SMILES string of the molecule is OCCNCCO.[CH3-].[K+]. The molecular formula is C5H14KNO2. The van der Waals surface area contributed by atoms with E-state index in [1.54, 1.807) is 0 Å². The van der Waals surface area contributed by atoms with Gasteiger partial charge in [-0.05, 0) is 0 Å². The van der Waals surface area contributed by atoms with Crippen molar-refractivity contribution in [2.45, 2.75) is 0 Å². The summed E-state index contributed by atoms with van der Waals surface area (Å²) in [4.78, 5) is 0. The van der Waals surface area contributed by atoms with Gasteiger partial charge in [-0.2, -0.15) is 0 Å². The van der Waals surface area contributed by atoms with Gasteiger partial charge in [-0.1, -0.05) is 0 Å². The molecule has 0 saturated heterocycles. The van der Waals surface area contributed by atoms with Gasteiger partial charge in [0.05, 0.1) is 13.2 Å². The van der Waals surface area contributed by atoms with E-state index < -0.39 is 0 Å². The number of hydrogen-bond donors (Lipinski definition) is 3. The second kappa shape index (κ2) is 16.3. The zero-order valence-electron chi connectivity index (χ0n) is 6.22. The Morgan fingerprint density at radius 2 is 1.33 bits per heavy atom. The molecule has 3 nitrogen and oxygen atoms in total. The van der Waals surface area contributed by atoms with Crippen LogP contribution in [0.25, 0.3) is 0 Å². The van der Waals surface area contributed by atoms with Crippen molar-refractivity contribution in [2.75, 3.05) is 26.3 Å². The smallest absolute Gasteiger partial charge is 0.395 e. The average Bonchev–Trinajstić information content (AvgIpc) is 1.69. The Labute approximate surface area is 99.3 Å². The average molecular weight is 159 g/mol. The first-order chi connectivity index (χ1) is 3.41. The van der Waals surface area contributed by atoms with Crippen LogP contribution in [0.15, 0.2) is 0 Å². The van der Waals surface area contributed by atoms with E-state index in [1.807, 2.05) is 0 Å². The van der Waals surface area contributed by atoms with E-state index in [9.17, 15) is 0 Å². The molecule has 0 saturated carbocycles. The molecule has 4 heteroatoms. The summed E-state index contributed by atoms with van der Waals surface area (Å²) in [7, 11) is 0. The topological polar surface area (TPSA) is 52.5 Å². The third kappa shape index (κ3) is 17.7. The van der Waals surface area contributed by atoms with Crippen molar-refractivity contribution in [2.24, 2.45) is 0 Å². The summed E-state index contributed by atoms with van der Waals surface area (Å²) in [5.74, 6) is 0. The summed E-state index contributed by atoms with van der Waals surface area (Å²) in [5.41, 5.74) is 0. The van der Waals surface area contributed by atoms with Gasteiger partial charge in [-0.25, -0.2) is 0 Å². The van der Waals surface area contributed by atoms with Crippen LogP contribution in [-0.4, -0.2) is 36.5 Å². The van der Waals surface area contributed by atoms with Gasteiger partial charge < -0.3 is 23.0 Å². The number of aliphatic hydroxyl groups is 2. The molecule has 52 valence electrons. The minimum Gasteiger partial charge on any atom is -0.395 e. The van der Waals surface area contributed by atoms with Crippen LogP contribution in [0.1, 0.15) is 0 Å². The van der Waals surface area contributed by atoms with Gasteiger partial charge in [0.25, 0.3) is 0 Å². The van der Waals surface area contributed by atoms with E-state index in [-0.39, 0.29) is 72.0 Å². The van der Waals surface area contributed by atoms with Crippen LogP contribution < -0.4 is 56.7 Å². The maximum atomic E-state index is 8.15. The molecule has 0 aliphatic heterocycles. The Hall–Kier alpha value is 1.52. The van der Waals surface area contributed by atoms with Crippen LogP contribution in [0.3, 0.4) is 0 Å². The molecule has 0 aromatic heterocycles. The maximum Gasteiger partial charge on any atom is 1.00 e. The predicted octanol–water partition coefficient (Wildman–Crippen LogP) is -3.99. The van der Waals surface area contributed by atoms with Crippen LogP contribution in [-0.2, 0) is 0 Å². The molecule has 0 radical (unpaired) electrons. The van der Waals surface area contributed by atoms with Crippen molar-refractivity contribution in [3.05, 3.63) is 7.43 Å². The van der Waals surface area contributed by atoms with E-state index in [0.717, 1.165) is 0 Å². The fourth-order valence-corrected chi connectivity index (χ4v) is 0.283. The van der Waals surface area contributed by atoms with Crippen LogP contribution >= 0.6 is 0 Å². The predicted molar refractivity (Wildman–Crippen MR) is 33.5 cm³/mol. The molecule has 0 amide bonds. The molecule has 0 aliphatic rings. The Morgan fingerprint density at radius 3 is 1.56 bits per heavy atom. The summed E-state index contributed by atoms with van der Waals surface area (Å²) in [6.07, 6.45) is 0. The zero-order valence-corrected chi connectivity index (χ0v) is 9.35. The molecule has 3 N–H and O–H groups in total. The van der Waals surface area contributed by atoms with Gasteiger partial charge in [-0.15, -0.1) is 0 Å². The molecule has 0 bridgehead atoms. The first-order valence-electron chi connectivity index (χ1n) is 2.34. The van der Waals surface area contributed by atoms with Gasteiger partial charge >= 0.3 is 51.4 Å². The number of rotatable bonds is 4. The molecule has 9 heavy (non-hydrogen) atoms. The van der Waals surface area contributed by atoms with E-state index >= 15 is 0 Å². The molecule has 0 heterocycles. The van der Waals surface area contributed by atoms with Gasteiger partial charge in [0, 0.05) is 13.1 Å². The minimum atomic E-state index is 0. The quantitative estimate of drug-likeness (QED) is 0.223. The second-order valence-electron chi connectivity index (χ2n) is 1.20. The summed E-state index contributed by atoms with van der Waals surface area (Å²) < 4.78 is 0. The minimum absolute atomic E-state index is 0. The van der Waals surface area contributed by atoms with Crippen LogP contribution in [0, 0.1) is 7.43 Å². The third-order valence-electron chi connectivity index (χ3n) is 0.577. The fraction of sp³-hybridized carbons (Fsp3) is 0.800. The molecule has 0 aliphatic carbocycles. The number of hydrogen-bond acceptors (Lipinski definition) is 3. The van der Waals surface area contributed by atoms with Crippen molar-refractivity contribution in [1.29, 1.82) is 0 Å². The zero-order chi connectivity index (χ0) is 5.54. The Morgan fingerprint density at radius 1 is 1.00 bits per heavy atom. The van der Waals surface area contributed by atoms with Crippen molar-refractivity contribution in [3.8, 4) is 0 Å².